The summed E-state index contributed by atoms with van der Waals surface area (Å²) in [6.07, 6.45) is 3.30. The van der Waals surface area contributed by atoms with Crippen LogP contribution in [0, 0.1) is 13.8 Å². The maximum Gasteiger partial charge on any atom is 0.287 e. The molecular formula is C34H27Cl3N12O2. The molecule has 0 amide bonds. The van der Waals surface area contributed by atoms with Crippen molar-refractivity contribution in [1.29, 1.82) is 0 Å². The topological polar surface area (TPSA) is 176 Å². The number of nitrogens with zero attached hydrogens (tertiary/aromatic N) is 11. The minimum atomic E-state index is 0.286. The molecule has 6 heterocycles. The summed E-state index contributed by atoms with van der Waals surface area (Å²) >= 11 is 17.0. The van der Waals surface area contributed by atoms with E-state index in [1.165, 1.54) is 0 Å². The minimum absolute atomic E-state index is 0.286. The lowest BCUT2D eigenvalue weighted by Gasteiger charge is -2.02. The lowest BCUT2D eigenvalue weighted by atomic mass is 10.2. The number of aryl methyl sites for hydroxylation is 2. The van der Waals surface area contributed by atoms with Gasteiger partial charge in [0, 0.05) is 29.4 Å². The van der Waals surface area contributed by atoms with Crippen molar-refractivity contribution in [3.8, 4) is 46.3 Å². The standard InChI is InChI=1S/C17H13ClN6O.C11H9N5O.C6H5Cl2N/c1-11-20-15(23-24(11)10-12-7-8-19-14(18)9-12)17-22-21-16(25-17)13-5-3-2-4-6-13;1-7-12-9(14-13-7)11-16-15-10(17-11)8-5-3-2-4-6-8;7-4-5-1-2-9-6(8)3-5/h2-9H,10H2,1H3;2-6H,1H3,(H,12,13,14);1-3H,4H2. The van der Waals surface area contributed by atoms with Gasteiger partial charge in [-0.15, -0.1) is 42.2 Å². The maximum atomic E-state index is 5.92. The van der Waals surface area contributed by atoms with Crippen LogP contribution in [-0.4, -0.2) is 60.3 Å². The van der Waals surface area contributed by atoms with Crippen LogP contribution in [0.2, 0.25) is 10.3 Å². The highest BCUT2D eigenvalue weighted by molar-refractivity contribution is 6.29. The predicted molar refractivity (Wildman–Crippen MR) is 190 cm³/mol. The Labute approximate surface area is 305 Å². The summed E-state index contributed by atoms with van der Waals surface area (Å²) in [6.45, 7) is 4.21. The van der Waals surface area contributed by atoms with Crippen molar-refractivity contribution >= 4 is 34.8 Å². The van der Waals surface area contributed by atoms with Gasteiger partial charge in [-0.1, -0.05) is 59.6 Å². The molecule has 0 spiro atoms. The highest BCUT2D eigenvalue weighted by Gasteiger charge is 2.17. The van der Waals surface area contributed by atoms with Crippen molar-refractivity contribution in [1.82, 2.24) is 60.3 Å². The average Bonchev–Trinajstić information content (AvgIpc) is 3.98. The van der Waals surface area contributed by atoms with Gasteiger partial charge in [0.05, 0.1) is 6.54 Å². The first-order valence-electron chi connectivity index (χ1n) is 15.2. The zero-order valence-corrected chi connectivity index (χ0v) is 29.3. The first kappa shape index (κ1) is 35.0. The number of nitrogens with one attached hydrogen (secondary N) is 1. The molecule has 0 radical (unpaired) electrons. The summed E-state index contributed by atoms with van der Waals surface area (Å²) in [7, 11) is 0. The summed E-state index contributed by atoms with van der Waals surface area (Å²) in [6, 6.07) is 26.4. The average molecular weight is 742 g/mol. The largest absolute Gasteiger partial charge is 0.413 e. The van der Waals surface area contributed by atoms with E-state index in [4.69, 9.17) is 43.6 Å². The highest BCUT2D eigenvalue weighted by Crippen LogP contribution is 2.23. The quantitative estimate of drug-likeness (QED) is 0.125. The summed E-state index contributed by atoms with van der Waals surface area (Å²) in [5.41, 5.74) is 3.70. The van der Waals surface area contributed by atoms with Gasteiger partial charge >= 0.3 is 0 Å². The van der Waals surface area contributed by atoms with Crippen LogP contribution in [0.5, 0.6) is 0 Å². The van der Waals surface area contributed by atoms with E-state index in [-0.39, 0.29) is 5.89 Å². The van der Waals surface area contributed by atoms with Crippen molar-refractivity contribution in [2.24, 2.45) is 0 Å². The molecule has 17 heteroatoms. The molecule has 8 rings (SSSR count). The van der Waals surface area contributed by atoms with Crippen LogP contribution in [0.1, 0.15) is 22.8 Å². The molecule has 0 saturated carbocycles. The van der Waals surface area contributed by atoms with Crippen LogP contribution < -0.4 is 0 Å². The third kappa shape index (κ3) is 9.45. The second-order valence-electron chi connectivity index (χ2n) is 10.5. The molecule has 0 fully saturated rings. The predicted octanol–water partition coefficient (Wildman–Crippen LogP) is 7.70. The molecule has 0 aliphatic carbocycles. The van der Waals surface area contributed by atoms with E-state index >= 15 is 0 Å². The molecule has 0 unspecified atom stereocenters. The molecule has 1 N–H and O–H groups in total. The van der Waals surface area contributed by atoms with Crippen LogP contribution >= 0.6 is 34.8 Å². The molecule has 0 aliphatic rings. The summed E-state index contributed by atoms with van der Waals surface area (Å²) < 4.78 is 13.0. The summed E-state index contributed by atoms with van der Waals surface area (Å²) in [5.74, 6) is 4.24. The monoisotopic (exact) mass is 740 g/mol. The van der Waals surface area contributed by atoms with Gasteiger partial charge in [0.15, 0.2) is 0 Å². The first-order chi connectivity index (χ1) is 24.8. The number of rotatable bonds is 7. The molecule has 0 aliphatic heterocycles. The molecule has 14 nitrogen and oxygen atoms in total. The lowest BCUT2D eigenvalue weighted by molar-refractivity contribution is 0.576. The zero-order valence-electron chi connectivity index (χ0n) is 27.0. The molecule has 0 saturated heterocycles. The fourth-order valence-corrected chi connectivity index (χ4v) is 4.92. The summed E-state index contributed by atoms with van der Waals surface area (Å²) in [5, 5.41) is 28.1. The number of hydrogen-bond acceptors (Lipinski definition) is 12. The van der Waals surface area contributed by atoms with Gasteiger partial charge in [0.1, 0.15) is 22.0 Å². The SMILES string of the molecule is Cc1nc(-c2nnc(-c3ccccc3)o2)n[nH]1.Cc1nc(-c2nnc(-c3ccccc3)o2)nn1Cc1ccnc(Cl)c1.ClCc1ccnc(Cl)c1. The third-order valence-electron chi connectivity index (χ3n) is 6.80. The van der Waals surface area contributed by atoms with Gasteiger partial charge in [-0.05, 0) is 73.5 Å². The Kier molecular flexibility index (Phi) is 11.5. The van der Waals surface area contributed by atoms with E-state index in [1.54, 1.807) is 29.2 Å². The van der Waals surface area contributed by atoms with Gasteiger partial charge in [-0.3, -0.25) is 5.10 Å². The Hall–Kier alpha value is -5.83. The fraction of sp³-hybridized carbons (Fsp3) is 0.118. The number of benzene rings is 2. The van der Waals surface area contributed by atoms with E-state index in [0.717, 1.165) is 28.1 Å². The lowest BCUT2D eigenvalue weighted by Crippen LogP contribution is -2.04. The van der Waals surface area contributed by atoms with E-state index in [0.29, 0.717) is 57.9 Å². The van der Waals surface area contributed by atoms with Crippen LogP contribution in [0.4, 0.5) is 0 Å². The van der Waals surface area contributed by atoms with Gasteiger partial charge < -0.3 is 8.83 Å². The Morgan fingerprint density at radius 3 is 1.69 bits per heavy atom. The molecule has 2 aromatic carbocycles. The molecular weight excluding hydrogens is 715 g/mol. The number of pyridine rings is 2. The van der Waals surface area contributed by atoms with Crippen LogP contribution in [0.25, 0.3) is 46.3 Å². The van der Waals surface area contributed by atoms with Gasteiger partial charge in [-0.25, -0.2) is 24.6 Å². The Balaban J connectivity index is 0.000000148. The van der Waals surface area contributed by atoms with Crippen molar-refractivity contribution in [3.63, 3.8) is 0 Å². The van der Waals surface area contributed by atoms with Gasteiger partial charge in [0.2, 0.25) is 23.4 Å². The van der Waals surface area contributed by atoms with Crippen molar-refractivity contribution in [2.75, 3.05) is 0 Å². The van der Waals surface area contributed by atoms with Crippen LogP contribution in [-0.2, 0) is 12.4 Å². The number of halogens is 3. The molecule has 51 heavy (non-hydrogen) atoms. The molecule has 0 atom stereocenters. The van der Waals surface area contributed by atoms with E-state index in [1.807, 2.05) is 86.6 Å². The normalized spacial score (nSPS) is 10.6. The van der Waals surface area contributed by atoms with Crippen molar-refractivity contribution < 1.29 is 8.83 Å². The maximum absolute atomic E-state index is 5.92. The highest BCUT2D eigenvalue weighted by atomic mass is 35.5. The van der Waals surface area contributed by atoms with E-state index < -0.39 is 0 Å². The smallest absolute Gasteiger partial charge is 0.287 e. The molecule has 0 bridgehead atoms. The van der Waals surface area contributed by atoms with Crippen LogP contribution in [0.15, 0.2) is 106 Å². The second kappa shape index (κ2) is 16.7. The third-order valence-corrected chi connectivity index (χ3v) is 7.52. The Morgan fingerprint density at radius 1 is 0.647 bits per heavy atom. The number of H-pyrrole nitrogens is 1. The fourth-order valence-electron chi connectivity index (χ4n) is 4.36. The Morgan fingerprint density at radius 2 is 1.18 bits per heavy atom. The zero-order chi connectivity index (χ0) is 35.6. The van der Waals surface area contributed by atoms with Crippen LogP contribution in [0.3, 0.4) is 0 Å². The second-order valence-corrected chi connectivity index (χ2v) is 11.6. The van der Waals surface area contributed by atoms with Gasteiger partial charge in [-0.2, -0.15) is 0 Å². The number of aromatic nitrogens is 12. The van der Waals surface area contributed by atoms with Gasteiger partial charge in [0.25, 0.3) is 11.8 Å². The molecule has 8 aromatic rings. The van der Waals surface area contributed by atoms with Crippen molar-refractivity contribution in [2.45, 2.75) is 26.3 Å². The van der Waals surface area contributed by atoms with Crippen molar-refractivity contribution in [3.05, 3.63) is 130 Å². The Bertz CT molecular complexity index is 2310. The molecule has 256 valence electrons. The summed E-state index contributed by atoms with van der Waals surface area (Å²) in [4.78, 5) is 16.3. The number of aromatic amines is 1. The first-order valence-corrected chi connectivity index (χ1v) is 16.5. The minimum Gasteiger partial charge on any atom is -0.413 e. The van der Waals surface area contributed by atoms with E-state index in [9.17, 15) is 0 Å². The molecule has 6 aromatic heterocycles. The number of hydrogen-bond donors (Lipinski definition) is 1. The number of alkyl halides is 1. The van der Waals surface area contributed by atoms with E-state index in [2.05, 4.69) is 55.6 Å².